The van der Waals surface area contributed by atoms with Crippen molar-refractivity contribution < 1.29 is 0 Å². The maximum atomic E-state index is 6.41. The van der Waals surface area contributed by atoms with Crippen molar-refractivity contribution in [3.8, 4) is 0 Å². The molecule has 0 aliphatic heterocycles. The minimum absolute atomic E-state index is 0.287. The predicted octanol–water partition coefficient (Wildman–Crippen LogP) is 3.42. The van der Waals surface area contributed by atoms with Gasteiger partial charge in [-0.1, -0.05) is 25.3 Å². The first kappa shape index (κ1) is 12.8. The van der Waals surface area contributed by atoms with Crippen LogP contribution in [0.5, 0.6) is 0 Å². The summed E-state index contributed by atoms with van der Waals surface area (Å²) in [7, 11) is 0. The number of hydrogen-bond donors (Lipinski definition) is 1. The summed E-state index contributed by atoms with van der Waals surface area (Å²) in [4.78, 5) is 4.21. The fourth-order valence-electron chi connectivity index (χ4n) is 2.46. The lowest BCUT2D eigenvalue weighted by molar-refractivity contribution is 0.464. The van der Waals surface area contributed by atoms with Crippen LogP contribution in [-0.2, 0) is 6.54 Å². The lowest BCUT2D eigenvalue weighted by Gasteiger charge is -2.21. The predicted molar refractivity (Wildman–Crippen MR) is 72.3 cm³/mol. The van der Waals surface area contributed by atoms with Crippen LogP contribution in [0.15, 0.2) is 18.5 Å². The number of pyridine rings is 1. The molecule has 0 bridgehead atoms. The fourth-order valence-corrected chi connectivity index (χ4v) is 2.82. The summed E-state index contributed by atoms with van der Waals surface area (Å²) in [6, 6.07) is 2.64. The number of aryl methyl sites for hydroxylation is 1. The highest BCUT2D eigenvalue weighted by Gasteiger charge is 2.20. The molecule has 17 heavy (non-hydrogen) atoms. The SMILES string of the molecule is Cc1cncc(CNC2CCCCCC2Cl)c1. The first-order valence-corrected chi connectivity index (χ1v) is 6.97. The van der Waals surface area contributed by atoms with Crippen molar-refractivity contribution in [2.75, 3.05) is 0 Å². The van der Waals surface area contributed by atoms with Crippen molar-refractivity contribution in [1.82, 2.24) is 10.3 Å². The molecule has 1 saturated carbocycles. The Kier molecular flexibility index (Phi) is 4.81. The molecule has 0 saturated heterocycles. The van der Waals surface area contributed by atoms with Gasteiger partial charge in [0.15, 0.2) is 0 Å². The molecule has 1 N–H and O–H groups in total. The van der Waals surface area contributed by atoms with Crippen molar-refractivity contribution in [1.29, 1.82) is 0 Å². The molecule has 1 aliphatic rings. The summed E-state index contributed by atoms with van der Waals surface area (Å²) >= 11 is 6.41. The van der Waals surface area contributed by atoms with E-state index in [0.717, 1.165) is 13.0 Å². The average Bonchev–Trinajstić information content (AvgIpc) is 2.52. The van der Waals surface area contributed by atoms with Crippen LogP contribution in [0.2, 0.25) is 0 Å². The van der Waals surface area contributed by atoms with Gasteiger partial charge in [-0.2, -0.15) is 0 Å². The number of halogens is 1. The molecule has 2 rings (SSSR count). The monoisotopic (exact) mass is 252 g/mol. The molecule has 1 aromatic rings. The Bertz CT molecular complexity index is 354. The van der Waals surface area contributed by atoms with Crippen LogP contribution in [0, 0.1) is 6.92 Å². The van der Waals surface area contributed by atoms with E-state index in [1.807, 2.05) is 12.4 Å². The van der Waals surface area contributed by atoms with Crippen molar-refractivity contribution in [3.05, 3.63) is 29.6 Å². The molecule has 0 amide bonds. The maximum absolute atomic E-state index is 6.41. The van der Waals surface area contributed by atoms with E-state index in [1.54, 1.807) is 0 Å². The molecule has 0 spiro atoms. The maximum Gasteiger partial charge on any atom is 0.0489 e. The van der Waals surface area contributed by atoms with Crippen molar-refractivity contribution in [3.63, 3.8) is 0 Å². The van der Waals surface area contributed by atoms with Gasteiger partial charge in [-0.15, -0.1) is 11.6 Å². The molecule has 2 atom stereocenters. The average molecular weight is 253 g/mol. The topological polar surface area (TPSA) is 24.9 Å². The van der Waals surface area contributed by atoms with Crippen LogP contribution in [0.1, 0.15) is 43.2 Å². The normalized spacial score (nSPS) is 25.5. The van der Waals surface area contributed by atoms with E-state index in [4.69, 9.17) is 11.6 Å². The summed E-state index contributed by atoms with van der Waals surface area (Å²) in [5.74, 6) is 0. The molecule has 1 aliphatic carbocycles. The number of aromatic nitrogens is 1. The van der Waals surface area contributed by atoms with Crippen molar-refractivity contribution >= 4 is 11.6 Å². The van der Waals surface area contributed by atoms with Crippen LogP contribution in [-0.4, -0.2) is 16.4 Å². The van der Waals surface area contributed by atoms with E-state index in [2.05, 4.69) is 23.3 Å². The Labute approximate surface area is 109 Å². The van der Waals surface area contributed by atoms with Gasteiger partial charge in [0, 0.05) is 30.4 Å². The number of alkyl halides is 1. The Morgan fingerprint density at radius 3 is 2.94 bits per heavy atom. The minimum Gasteiger partial charge on any atom is -0.308 e. The van der Waals surface area contributed by atoms with Crippen LogP contribution in [0.4, 0.5) is 0 Å². The molecule has 3 heteroatoms. The number of rotatable bonds is 3. The van der Waals surface area contributed by atoms with Gasteiger partial charge in [0.05, 0.1) is 0 Å². The molecule has 1 fully saturated rings. The third-order valence-corrected chi connectivity index (χ3v) is 3.95. The van der Waals surface area contributed by atoms with Gasteiger partial charge in [-0.05, 0) is 30.9 Å². The molecule has 1 aromatic heterocycles. The zero-order valence-corrected chi connectivity index (χ0v) is 11.2. The standard InChI is InChI=1S/C14H21ClN2/c1-11-7-12(9-16-8-11)10-17-14-6-4-2-3-5-13(14)15/h7-9,13-14,17H,2-6,10H2,1H3. The van der Waals surface area contributed by atoms with Crippen LogP contribution >= 0.6 is 11.6 Å². The highest BCUT2D eigenvalue weighted by atomic mass is 35.5. The van der Waals surface area contributed by atoms with Gasteiger partial charge in [-0.25, -0.2) is 0 Å². The van der Waals surface area contributed by atoms with Gasteiger partial charge in [0.25, 0.3) is 0 Å². The minimum atomic E-state index is 0.287. The van der Waals surface area contributed by atoms with Gasteiger partial charge in [-0.3, -0.25) is 4.98 Å². The second-order valence-corrected chi connectivity index (χ2v) is 5.57. The van der Waals surface area contributed by atoms with E-state index in [1.165, 1.54) is 36.8 Å². The third-order valence-electron chi connectivity index (χ3n) is 3.43. The van der Waals surface area contributed by atoms with Gasteiger partial charge in [0.1, 0.15) is 0 Å². The largest absolute Gasteiger partial charge is 0.308 e. The number of hydrogen-bond acceptors (Lipinski definition) is 2. The second kappa shape index (κ2) is 6.36. The second-order valence-electron chi connectivity index (χ2n) is 5.01. The zero-order chi connectivity index (χ0) is 12.1. The summed E-state index contributed by atoms with van der Waals surface area (Å²) in [6.45, 7) is 2.95. The molecule has 2 unspecified atom stereocenters. The quantitative estimate of drug-likeness (QED) is 0.659. The molecule has 94 valence electrons. The smallest absolute Gasteiger partial charge is 0.0489 e. The lowest BCUT2D eigenvalue weighted by Crippen LogP contribution is -2.35. The molecule has 2 nitrogen and oxygen atoms in total. The van der Waals surface area contributed by atoms with Crippen molar-refractivity contribution in [2.45, 2.75) is 57.0 Å². The Hall–Kier alpha value is -0.600. The van der Waals surface area contributed by atoms with E-state index >= 15 is 0 Å². The summed E-state index contributed by atoms with van der Waals surface area (Å²) in [5, 5.41) is 3.87. The first-order chi connectivity index (χ1) is 8.25. The summed E-state index contributed by atoms with van der Waals surface area (Å²) < 4.78 is 0. The van der Waals surface area contributed by atoms with E-state index in [0.29, 0.717) is 6.04 Å². The molecule has 0 aromatic carbocycles. The Balaban J connectivity index is 1.88. The van der Waals surface area contributed by atoms with Gasteiger partial charge >= 0.3 is 0 Å². The van der Waals surface area contributed by atoms with Crippen LogP contribution in [0.3, 0.4) is 0 Å². The van der Waals surface area contributed by atoms with Gasteiger partial charge < -0.3 is 5.32 Å². The number of nitrogens with one attached hydrogen (secondary N) is 1. The highest BCUT2D eigenvalue weighted by Crippen LogP contribution is 2.22. The molecule has 1 heterocycles. The van der Waals surface area contributed by atoms with E-state index in [-0.39, 0.29) is 5.38 Å². The lowest BCUT2D eigenvalue weighted by atomic mass is 10.1. The molecular formula is C14H21ClN2. The Morgan fingerprint density at radius 2 is 2.12 bits per heavy atom. The highest BCUT2D eigenvalue weighted by molar-refractivity contribution is 6.21. The summed E-state index contributed by atoms with van der Waals surface area (Å²) in [5.41, 5.74) is 2.46. The number of nitrogens with zero attached hydrogens (tertiary/aromatic N) is 1. The molecular weight excluding hydrogens is 232 g/mol. The van der Waals surface area contributed by atoms with Crippen LogP contribution < -0.4 is 5.32 Å². The first-order valence-electron chi connectivity index (χ1n) is 6.53. The third kappa shape index (κ3) is 3.97. The van der Waals surface area contributed by atoms with E-state index < -0.39 is 0 Å². The zero-order valence-electron chi connectivity index (χ0n) is 10.5. The van der Waals surface area contributed by atoms with E-state index in [9.17, 15) is 0 Å². The molecule has 0 radical (unpaired) electrons. The fraction of sp³-hybridized carbons (Fsp3) is 0.643. The van der Waals surface area contributed by atoms with Crippen molar-refractivity contribution in [2.24, 2.45) is 0 Å². The Morgan fingerprint density at radius 1 is 1.29 bits per heavy atom. The van der Waals surface area contributed by atoms with Crippen LogP contribution in [0.25, 0.3) is 0 Å². The summed E-state index contributed by atoms with van der Waals surface area (Å²) in [6.07, 6.45) is 10.1. The van der Waals surface area contributed by atoms with Gasteiger partial charge in [0.2, 0.25) is 0 Å².